The van der Waals surface area contributed by atoms with Crippen molar-refractivity contribution in [1.29, 1.82) is 0 Å². The van der Waals surface area contributed by atoms with Gasteiger partial charge < -0.3 is 25.8 Å². The van der Waals surface area contributed by atoms with Gasteiger partial charge in [0.05, 0.1) is 11.4 Å². The number of benzene rings is 2. The number of aromatic nitrogens is 4. The topological polar surface area (TPSA) is 128 Å². The third kappa shape index (κ3) is 6.50. The van der Waals surface area contributed by atoms with Crippen LogP contribution in [0.1, 0.15) is 21.6 Å². The van der Waals surface area contributed by atoms with Gasteiger partial charge in [-0.05, 0) is 81.2 Å². The molecular formula is C33H30N8O2. The number of fused-ring (bicyclic) bond motifs is 2. The summed E-state index contributed by atoms with van der Waals surface area (Å²) in [5.74, 6) is -0.0425. The molecule has 10 nitrogen and oxygen atoms in total. The van der Waals surface area contributed by atoms with E-state index in [-0.39, 0.29) is 11.8 Å². The molecule has 43 heavy (non-hydrogen) atoms. The van der Waals surface area contributed by atoms with Crippen LogP contribution < -0.4 is 16.0 Å². The molecule has 0 unspecified atom stereocenters. The summed E-state index contributed by atoms with van der Waals surface area (Å²) in [6.45, 7) is 0.672. The number of anilines is 4. The number of pyridine rings is 1. The van der Waals surface area contributed by atoms with Crippen molar-refractivity contribution in [2.45, 2.75) is 6.42 Å². The van der Waals surface area contributed by atoms with Gasteiger partial charge in [-0.3, -0.25) is 9.59 Å². The molecule has 0 spiro atoms. The van der Waals surface area contributed by atoms with Crippen LogP contribution in [0.5, 0.6) is 0 Å². The first-order valence-corrected chi connectivity index (χ1v) is 13.8. The van der Waals surface area contributed by atoms with Crippen molar-refractivity contribution < 1.29 is 9.59 Å². The first kappa shape index (κ1) is 27.6. The summed E-state index contributed by atoms with van der Waals surface area (Å²) in [7, 11) is 3.86. The van der Waals surface area contributed by atoms with E-state index >= 15 is 0 Å². The summed E-state index contributed by atoms with van der Waals surface area (Å²) in [4.78, 5) is 44.2. The van der Waals surface area contributed by atoms with Gasteiger partial charge in [-0.2, -0.15) is 0 Å². The highest BCUT2D eigenvalue weighted by Crippen LogP contribution is 2.31. The summed E-state index contributed by atoms with van der Waals surface area (Å²) in [6, 6.07) is 18.2. The van der Waals surface area contributed by atoms with Crippen molar-refractivity contribution >= 4 is 51.9 Å². The maximum Gasteiger partial charge on any atom is 0.255 e. The van der Waals surface area contributed by atoms with E-state index in [1.54, 1.807) is 30.3 Å². The van der Waals surface area contributed by atoms with E-state index in [0.29, 0.717) is 29.4 Å². The van der Waals surface area contributed by atoms with Crippen LogP contribution in [0.25, 0.3) is 28.4 Å². The van der Waals surface area contributed by atoms with Crippen molar-refractivity contribution in [2.24, 2.45) is 0 Å². The van der Waals surface area contributed by atoms with Crippen LogP contribution in [0.2, 0.25) is 0 Å². The van der Waals surface area contributed by atoms with Crippen LogP contribution in [0.3, 0.4) is 0 Å². The van der Waals surface area contributed by atoms with Crippen LogP contribution in [0.4, 0.5) is 23.0 Å². The number of amides is 2. The van der Waals surface area contributed by atoms with E-state index in [1.807, 2.05) is 67.8 Å². The maximum absolute atomic E-state index is 13.0. The van der Waals surface area contributed by atoms with Crippen LogP contribution in [-0.4, -0.2) is 57.3 Å². The van der Waals surface area contributed by atoms with Crippen molar-refractivity contribution in [3.8, 4) is 11.3 Å². The van der Waals surface area contributed by atoms with Gasteiger partial charge in [-0.1, -0.05) is 18.2 Å². The average molecular weight is 571 g/mol. The van der Waals surface area contributed by atoms with Gasteiger partial charge in [0.15, 0.2) is 0 Å². The van der Waals surface area contributed by atoms with Crippen molar-refractivity contribution in [3.63, 3.8) is 0 Å². The van der Waals surface area contributed by atoms with Gasteiger partial charge in [0, 0.05) is 64.2 Å². The Bertz CT molecular complexity index is 1870. The number of aromatic amines is 1. The minimum Gasteiger partial charge on any atom is -0.346 e. The highest BCUT2D eigenvalue weighted by atomic mass is 16.2. The zero-order valence-electron chi connectivity index (χ0n) is 23.8. The second kappa shape index (κ2) is 12.1. The molecule has 10 heteroatoms. The monoisotopic (exact) mass is 570 g/mol. The normalized spacial score (nSPS) is 12.2. The summed E-state index contributed by atoms with van der Waals surface area (Å²) in [5, 5.41) is 10.0. The van der Waals surface area contributed by atoms with E-state index in [2.05, 4.69) is 38.1 Å². The molecule has 0 saturated heterocycles. The molecule has 2 aromatic carbocycles. The fourth-order valence-electron chi connectivity index (χ4n) is 4.76. The Kier molecular flexibility index (Phi) is 7.75. The third-order valence-corrected chi connectivity index (χ3v) is 6.84. The zero-order valence-corrected chi connectivity index (χ0v) is 23.8. The highest BCUT2D eigenvalue weighted by Gasteiger charge is 2.18. The molecule has 1 aliphatic rings. The van der Waals surface area contributed by atoms with Gasteiger partial charge in [0.2, 0.25) is 11.9 Å². The number of nitrogens with one attached hydrogen (secondary N) is 4. The molecule has 2 amide bonds. The number of hydrogen-bond acceptors (Lipinski definition) is 7. The minimum absolute atomic E-state index is 0.225. The quantitative estimate of drug-likeness (QED) is 0.169. The largest absolute Gasteiger partial charge is 0.346 e. The van der Waals surface area contributed by atoms with E-state index in [4.69, 9.17) is 9.97 Å². The highest BCUT2D eigenvalue weighted by molar-refractivity contribution is 6.05. The second-order valence-electron chi connectivity index (χ2n) is 10.4. The number of H-pyrrole nitrogens is 1. The Balaban J connectivity index is 1.14. The van der Waals surface area contributed by atoms with Gasteiger partial charge in [0.1, 0.15) is 5.65 Å². The fraction of sp³-hybridized carbons (Fsp3) is 0.121. The van der Waals surface area contributed by atoms with Gasteiger partial charge in [0.25, 0.3) is 5.91 Å². The fourth-order valence-corrected chi connectivity index (χ4v) is 4.76. The summed E-state index contributed by atoms with van der Waals surface area (Å²) >= 11 is 0. The van der Waals surface area contributed by atoms with E-state index in [1.165, 1.54) is 6.08 Å². The molecule has 0 radical (unpaired) electrons. The molecule has 0 aliphatic heterocycles. The molecule has 4 N–H and O–H groups in total. The number of nitrogens with zero attached hydrogens (tertiary/aromatic N) is 4. The third-order valence-electron chi connectivity index (χ3n) is 6.84. The molecule has 0 fully saturated rings. The lowest BCUT2D eigenvalue weighted by Gasteiger charge is -2.13. The lowest BCUT2D eigenvalue weighted by Crippen LogP contribution is -2.13. The predicted molar refractivity (Wildman–Crippen MR) is 170 cm³/mol. The lowest BCUT2D eigenvalue weighted by molar-refractivity contribution is -0.111. The van der Waals surface area contributed by atoms with Crippen LogP contribution >= 0.6 is 0 Å². The van der Waals surface area contributed by atoms with Crippen LogP contribution in [0, 0.1) is 0 Å². The Hall–Kier alpha value is -5.61. The molecule has 0 saturated carbocycles. The Labute approximate surface area is 248 Å². The first-order valence-electron chi connectivity index (χ1n) is 13.8. The Morgan fingerprint density at radius 2 is 1.81 bits per heavy atom. The molecule has 0 bridgehead atoms. The standard InChI is InChI=1S/C33H30N8O2/c1-41(2)17-5-10-29(42)36-24-13-11-21(12-14-24)32(43)37-25-6-3-7-26(19-25)38-33-39-28-9-4-8-27(28)30(40-33)23-18-22-15-16-34-31(22)35-20-23/h3-7,9-16,18-20H,8,17H2,1-2H3,(H,34,35)(H,36,42)(H,37,43)(H,38,39,40)/b10-5+. The molecular weight excluding hydrogens is 540 g/mol. The number of carbonyl (C=O) groups excluding carboxylic acids is 2. The lowest BCUT2D eigenvalue weighted by atomic mass is 10.1. The van der Waals surface area contributed by atoms with E-state index < -0.39 is 0 Å². The molecule has 3 aromatic heterocycles. The molecule has 214 valence electrons. The molecule has 3 heterocycles. The van der Waals surface area contributed by atoms with Crippen LogP contribution in [0.15, 0.2) is 91.3 Å². The average Bonchev–Trinajstić information content (AvgIpc) is 3.66. The molecule has 0 atom stereocenters. The van der Waals surface area contributed by atoms with E-state index in [9.17, 15) is 9.59 Å². The summed E-state index contributed by atoms with van der Waals surface area (Å²) < 4.78 is 0. The molecule has 1 aliphatic carbocycles. The Morgan fingerprint density at radius 3 is 2.65 bits per heavy atom. The molecule has 5 aromatic rings. The zero-order chi connectivity index (χ0) is 29.8. The number of carbonyl (C=O) groups is 2. The van der Waals surface area contributed by atoms with Crippen LogP contribution in [-0.2, 0) is 11.2 Å². The van der Waals surface area contributed by atoms with Gasteiger partial charge in [-0.15, -0.1) is 0 Å². The van der Waals surface area contributed by atoms with Gasteiger partial charge >= 0.3 is 0 Å². The van der Waals surface area contributed by atoms with Gasteiger partial charge in [-0.25, -0.2) is 15.0 Å². The number of rotatable bonds is 9. The number of likely N-dealkylation sites (N-methyl/N-ethyl adjacent to an activating group) is 1. The summed E-state index contributed by atoms with van der Waals surface area (Å²) in [5.41, 5.74) is 6.93. The molecule has 6 rings (SSSR count). The predicted octanol–water partition coefficient (Wildman–Crippen LogP) is 5.64. The second-order valence-corrected chi connectivity index (χ2v) is 10.4. The number of hydrogen-bond donors (Lipinski definition) is 4. The van der Waals surface area contributed by atoms with Crippen molar-refractivity contribution in [2.75, 3.05) is 36.6 Å². The minimum atomic E-state index is -0.269. The van der Waals surface area contributed by atoms with Crippen molar-refractivity contribution in [1.82, 2.24) is 24.8 Å². The SMILES string of the molecule is CN(C)C/C=C/C(=O)Nc1ccc(C(=O)Nc2cccc(Nc3nc4c(c(-c5cnc6[nH]ccc6c5)n3)CC=C4)c2)cc1. The Morgan fingerprint density at radius 1 is 0.977 bits per heavy atom. The maximum atomic E-state index is 13.0. The summed E-state index contributed by atoms with van der Waals surface area (Å²) in [6.07, 6.45) is 11.8. The van der Waals surface area contributed by atoms with Crippen molar-refractivity contribution in [3.05, 3.63) is 108 Å². The number of allylic oxidation sites excluding steroid dienone is 1. The first-order chi connectivity index (χ1) is 20.9. The van der Waals surface area contributed by atoms with E-state index in [0.717, 1.165) is 45.7 Å². The smallest absolute Gasteiger partial charge is 0.255 e.